The van der Waals surface area contributed by atoms with Crippen molar-refractivity contribution in [3.05, 3.63) is 29.1 Å². The zero-order chi connectivity index (χ0) is 11.5. The lowest BCUT2D eigenvalue weighted by molar-refractivity contribution is 0.286. The second-order valence-corrected chi connectivity index (χ2v) is 4.87. The maximum atomic E-state index is 5.55. The van der Waals surface area contributed by atoms with Crippen LogP contribution in [-0.2, 0) is 6.54 Å². The van der Waals surface area contributed by atoms with Gasteiger partial charge in [0.1, 0.15) is 16.5 Å². The largest absolute Gasteiger partial charge is 0.460 e. The molecule has 0 radical (unpaired) electrons. The molecule has 1 N–H and O–H groups in total. The molecule has 16 heavy (non-hydrogen) atoms. The fraction of sp³-hybridized carbons (Fsp3) is 0.364. The van der Waals surface area contributed by atoms with Crippen LogP contribution in [0.2, 0.25) is 0 Å². The Hall–Kier alpha value is -1.17. The number of thiazole rings is 1. The van der Waals surface area contributed by atoms with E-state index in [9.17, 15) is 0 Å². The van der Waals surface area contributed by atoms with Crippen LogP contribution >= 0.6 is 11.3 Å². The van der Waals surface area contributed by atoms with Crippen LogP contribution in [0.4, 0.5) is 0 Å². The topological polar surface area (TPSA) is 41.3 Å². The Balaban J connectivity index is 2.07. The Kier molecular flexibility index (Phi) is 3.38. The van der Waals surface area contributed by atoms with Crippen molar-refractivity contribution in [2.45, 2.75) is 13.5 Å². The first-order chi connectivity index (χ1) is 7.65. The normalized spacial score (nSPS) is 11.2. The molecule has 0 saturated carbocycles. The van der Waals surface area contributed by atoms with Crippen LogP contribution in [0, 0.1) is 6.92 Å². The van der Waals surface area contributed by atoms with E-state index in [1.807, 2.05) is 44.4 Å². The van der Waals surface area contributed by atoms with E-state index in [-0.39, 0.29) is 0 Å². The lowest BCUT2D eigenvalue weighted by Crippen LogP contribution is -2.29. The van der Waals surface area contributed by atoms with E-state index in [0.717, 1.165) is 28.0 Å². The summed E-state index contributed by atoms with van der Waals surface area (Å²) in [5, 5.41) is 2.97. The molecule has 4 nitrogen and oxygen atoms in total. The first kappa shape index (κ1) is 11.3. The molecular formula is C11H15N3OS. The fourth-order valence-electron chi connectivity index (χ4n) is 1.30. The first-order valence-corrected chi connectivity index (χ1v) is 5.89. The number of hydrogen-bond acceptors (Lipinski definition) is 5. The molecule has 0 saturated heterocycles. The number of nitrogens with zero attached hydrogens (tertiary/aromatic N) is 2. The molecule has 0 aromatic carbocycles. The maximum Gasteiger partial charge on any atom is 0.145 e. The Morgan fingerprint density at radius 2 is 2.25 bits per heavy atom. The molecular weight excluding hydrogens is 222 g/mol. The molecule has 86 valence electrons. The van der Waals surface area contributed by atoms with Gasteiger partial charge in [-0.25, -0.2) is 10.4 Å². The molecule has 0 amide bonds. The highest BCUT2D eigenvalue weighted by Crippen LogP contribution is 2.27. The third-order valence-corrected chi connectivity index (χ3v) is 3.10. The highest BCUT2D eigenvalue weighted by atomic mass is 32.1. The molecule has 0 atom stereocenters. The molecule has 2 heterocycles. The van der Waals surface area contributed by atoms with Gasteiger partial charge in [0.2, 0.25) is 0 Å². The zero-order valence-corrected chi connectivity index (χ0v) is 10.5. The highest BCUT2D eigenvalue weighted by molar-refractivity contribution is 7.15. The van der Waals surface area contributed by atoms with Gasteiger partial charge in [-0.3, -0.25) is 5.01 Å². The Bertz CT molecular complexity index is 461. The Labute approximate surface area is 98.9 Å². The van der Waals surface area contributed by atoms with Gasteiger partial charge in [0.15, 0.2) is 0 Å². The lowest BCUT2D eigenvalue weighted by atomic mass is 10.4. The molecule has 0 unspecified atom stereocenters. The van der Waals surface area contributed by atoms with Crippen LogP contribution in [0.1, 0.15) is 10.8 Å². The number of hydrogen-bond donors (Lipinski definition) is 1. The van der Waals surface area contributed by atoms with Gasteiger partial charge in [-0.1, -0.05) is 0 Å². The van der Waals surface area contributed by atoms with E-state index in [1.54, 1.807) is 11.3 Å². The monoisotopic (exact) mass is 237 g/mol. The second kappa shape index (κ2) is 4.78. The summed E-state index contributed by atoms with van der Waals surface area (Å²) in [7, 11) is 3.93. The van der Waals surface area contributed by atoms with Crippen LogP contribution in [0.15, 0.2) is 22.7 Å². The number of aromatic nitrogens is 1. The number of nitrogens with one attached hydrogen (secondary N) is 1. The summed E-state index contributed by atoms with van der Waals surface area (Å²) >= 11 is 1.65. The molecule has 0 bridgehead atoms. The summed E-state index contributed by atoms with van der Waals surface area (Å²) in [5.74, 6) is 1.82. The SMILES string of the molecule is Cc1ccc(-c2cnc(CNN(C)C)s2)o1. The van der Waals surface area contributed by atoms with Gasteiger partial charge in [0, 0.05) is 20.3 Å². The molecule has 0 aliphatic heterocycles. The second-order valence-electron chi connectivity index (χ2n) is 3.76. The van der Waals surface area contributed by atoms with Gasteiger partial charge in [0.05, 0.1) is 11.4 Å². The van der Waals surface area contributed by atoms with Crippen molar-refractivity contribution in [3.63, 3.8) is 0 Å². The van der Waals surface area contributed by atoms with Crippen molar-refractivity contribution in [3.8, 4) is 10.6 Å². The van der Waals surface area contributed by atoms with E-state index in [4.69, 9.17) is 4.42 Å². The number of furan rings is 1. The van der Waals surface area contributed by atoms with Gasteiger partial charge in [-0.05, 0) is 19.1 Å². The van der Waals surface area contributed by atoms with E-state index < -0.39 is 0 Å². The van der Waals surface area contributed by atoms with E-state index >= 15 is 0 Å². The average Bonchev–Trinajstić information content (AvgIpc) is 2.83. The minimum Gasteiger partial charge on any atom is -0.460 e. The smallest absolute Gasteiger partial charge is 0.145 e. The van der Waals surface area contributed by atoms with Crippen LogP contribution in [0.5, 0.6) is 0 Å². The molecule has 0 spiro atoms. The van der Waals surface area contributed by atoms with Crippen LogP contribution in [0.25, 0.3) is 10.6 Å². The Morgan fingerprint density at radius 1 is 1.44 bits per heavy atom. The summed E-state index contributed by atoms with van der Waals surface area (Å²) in [5.41, 5.74) is 3.18. The quantitative estimate of drug-likeness (QED) is 0.828. The van der Waals surface area contributed by atoms with Gasteiger partial charge in [-0.2, -0.15) is 0 Å². The third-order valence-electron chi connectivity index (χ3n) is 2.08. The van der Waals surface area contributed by atoms with Gasteiger partial charge in [-0.15, -0.1) is 11.3 Å². The first-order valence-electron chi connectivity index (χ1n) is 5.07. The van der Waals surface area contributed by atoms with Crippen LogP contribution in [0.3, 0.4) is 0 Å². The highest BCUT2D eigenvalue weighted by Gasteiger charge is 2.07. The Morgan fingerprint density at radius 3 is 2.88 bits per heavy atom. The summed E-state index contributed by atoms with van der Waals surface area (Å²) in [4.78, 5) is 5.42. The average molecular weight is 237 g/mol. The summed E-state index contributed by atoms with van der Waals surface area (Å²) < 4.78 is 5.55. The van der Waals surface area contributed by atoms with Gasteiger partial charge < -0.3 is 4.42 Å². The number of aryl methyl sites for hydroxylation is 1. The molecule has 5 heteroatoms. The molecule has 0 fully saturated rings. The van der Waals surface area contributed by atoms with Gasteiger partial charge in [0.25, 0.3) is 0 Å². The summed E-state index contributed by atoms with van der Waals surface area (Å²) in [6.07, 6.45) is 1.86. The molecule has 0 aliphatic rings. The summed E-state index contributed by atoms with van der Waals surface area (Å²) in [6, 6.07) is 3.94. The lowest BCUT2D eigenvalue weighted by Gasteiger charge is -2.09. The minimum absolute atomic E-state index is 0.747. The molecule has 2 aromatic heterocycles. The van der Waals surface area contributed by atoms with Crippen molar-refractivity contribution in [1.29, 1.82) is 0 Å². The summed E-state index contributed by atoms with van der Waals surface area (Å²) in [6.45, 7) is 2.69. The predicted molar refractivity (Wildman–Crippen MR) is 65.1 cm³/mol. The maximum absolute atomic E-state index is 5.55. The molecule has 0 aliphatic carbocycles. The standard InChI is InChI=1S/C11H15N3OS/c1-8-4-5-9(15-8)10-6-12-11(16-10)7-13-14(2)3/h4-6,13H,7H2,1-3H3. The van der Waals surface area contributed by atoms with Crippen molar-refractivity contribution < 1.29 is 4.42 Å². The predicted octanol–water partition coefficient (Wildman–Crippen LogP) is 2.28. The van der Waals surface area contributed by atoms with Crippen LogP contribution < -0.4 is 5.43 Å². The van der Waals surface area contributed by atoms with Crippen molar-refractivity contribution >= 4 is 11.3 Å². The fourth-order valence-corrected chi connectivity index (χ4v) is 2.11. The van der Waals surface area contributed by atoms with Crippen molar-refractivity contribution in [2.24, 2.45) is 0 Å². The van der Waals surface area contributed by atoms with E-state index in [2.05, 4.69) is 10.4 Å². The van der Waals surface area contributed by atoms with Crippen LogP contribution in [-0.4, -0.2) is 24.1 Å². The van der Waals surface area contributed by atoms with E-state index in [1.165, 1.54) is 0 Å². The number of hydrazine groups is 1. The van der Waals surface area contributed by atoms with E-state index in [0.29, 0.717) is 0 Å². The van der Waals surface area contributed by atoms with Crippen molar-refractivity contribution in [1.82, 2.24) is 15.4 Å². The minimum atomic E-state index is 0.747. The third kappa shape index (κ3) is 2.69. The molecule has 2 aromatic rings. The number of rotatable bonds is 4. The zero-order valence-electron chi connectivity index (χ0n) is 9.65. The van der Waals surface area contributed by atoms with Gasteiger partial charge >= 0.3 is 0 Å². The molecule has 2 rings (SSSR count). The van der Waals surface area contributed by atoms with Crippen molar-refractivity contribution in [2.75, 3.05) is 14.1 Å².